The second kappa shape index (κ2) is 8.51. The molecular formula is C18H25BrN2O3. The smallest absolute Gasteiger partial charge is 0.271 e. The zero-order valence-corrected chi connectivity index (χ0v) is 16.3. The number of methoxy groups -OCH3 is 1. The molecule has 1 amide bonds. The lowest BCUT2D eigenvalue weighted by molar-refractivity contribution is 0.0953. The molecule has 0 radical (unpaired) electrons. The Bertz CT molecular complexity index is 619. The van der Waals surface area contributed by atoms with Crippen LogP contribution >= 0.6 is 15.9 Å². The number of rotatable bonds is 5. The van der Waals surface area contributed by atoms with Crippen LogP contribution in [0.2, 0.25) is 0 Å². The maximum Gasteiger partial charge on any atom is 0.271 e. The average molecular weight is 397 g/mol. The van der Waals surface area contributed by atoms with Crippen LogP contribution in [0.25, 0.3) is 0 Å². The molecule has 0 saturated heterocycles. The first-order valence-electron chi connectivity index (χ1n) is 8.36. The van der Waals surface area contributed by atoms with Crippen LogP contribution in [-0.2, 0) is 0 Å². The highest BCUT2D eigenvalue weighted by molar-refractivity contribution is 9.10. The molecule has 2 rings (SSSR count). The number of hydrazone groups is 1. The fourth-order valence-corrected chi connectivity index (χ4v) is 3.60. The highest BCUT2D eigenvalue weighted by Gasteiger charge is 2.23. The lowest BCUT2D eigenvalue weighted by Gasteiger charge is -2.26. The Labute approximate surface area is 151 Å². The predicted octanol–water partition coefficient (Wildman–Crippen LogP) is 4.40. The second-order valence-electron chi connectivity index (χ2n) is 6.13. The SMILES string of the molecule is CCOc1c(Br)cc(C(=O)NN=C2[C@H](C)CCC[C@@H]2C)cc1OC. The van der Waals surface area contributed by atoms with E-state index in [-0.39, 0.29) is 5.91 Å². The van der Waals surface area contributed by atoms with E-state index in [1.807, 2.05) is 6.92 Å². The van der Waals surface area contributed by atoms with Crippen molar-refractivity contribution >= 4 is 27.5 Å². The third-order valence-corrected chi connectivity index (χ3v) is 4.94. The fourth-order valence-electron chi connectivity index (χ4n) is 3.05. The molecule has 132 valence electrons. The number of nitrogens with one attached hydrogen (secondary N) is 1. The summed E-state index contributed by atoms with van der Waals surface area (Å²) in [6.07, 6.45) is 3.47. The van der Waals surface area contributed by atoms with Gasteiger partial charge in [-0.15, -0.1) is 0 Å². The molecule has 1 aromatic carbocycles. The van der Waals surface area contributed by atoms with E-state index in [4.69, 9.17) is 9.47 Å². The molecule has 0 aliphatic heterocycles. The van der Waals surface area contributed by atoms with Gasteiger partial charge in [-0.1, -0.05) is 20.3 Å². The van der Waals surface area contributed by atoms with Crippen molar-refractivity contribution < 1.29 is 14.3 Å². The average Bonchev–Trinajstić information content (AvgIpc) is 2.55. The van der Waals surface area contributed by atoms with Crippen molar-refractivity contribution in [1.29, 1.82) is 0 Å². The van der Waals surface area contributed by atoms with Gasteiger partial charge < -0.3 is 9.47 Å². The van der Waals surface area contributed by atoms with Crippen molar-refractivity contribution in [3.8, 4) is 11.5 Å². The first-order chi connectivity index (χ1) is 11.5. The van der Waals surface area contributed by atoms with E-state index in [1.165, 1.54) is 6.42 Å². The lowest BCUT2D eigenvalue weighted by atomic mass is 9.81. The third-order valence-electron chi connectivity index (χ3n) is 4.35. The van der Waals surface area contributed by atoms with Crippen LogP contribution < -0.4 is 14.9 Å². The summed E-state index contributed by atoms with van der Waals surface area (Å²) in [5, 5.41) is 4.40. The molecule has 1 saturated carbocycles. The molecule has 1 aliphatic carbocycles. The summed E-state index contributed by atoms with van der Waals surface area (Å²) < 4.78 is 11.6. The van der Waals surface area contributed by atoms with Gasteiger partial charge in [-0.3, -0.25) is 4.79 Å². The highest BCUT2D eigenvalue weighted by Crippen LogP contribution is 2.36. The number of hydrogen-bond acceptors (Lipinski definition) is 4. The van der Waals surface area contributed by atoms with Crippen LogP contribution in [0, 0.1) is 11.8 Å². The minimum atomic E-state index is -0.255. The summed E-state index contributed by atoms with van der Waals surface area (Å²) in [7, 11) is 1.55. The highest BCUT2D eigenvalue weighted by atomic mass is 79.9. The molecule has 0 unspecified atom stereocenters. The molecule has 0 aromatic heterocycles. The monoisotopic (exact) mass is 396 g/mol. The van der Waals surface area contributed by atoms with Gasteiger partial charge in [-0.2, -0.15) is 5.10 Å². The predicted molar refractivity (Wildman–Crippen MR) is 98.9 cm³/mol. The van der Waals surface area contributed by atoms with Gasteiger partial charge in [0.05, 0.1) is 18.2 Å². The summed E-state index contributed by atoms with van der Waals surface area (Å²) >= 11 is 3.43. The number of carbonyl (C=O) groups is 1. The van der Waals surface area contributed by atoms with Gasteiger partial charge >= 0.3 is 0 Å². The largest absolute Gasteiger partial charge is 0.493 e. The number of ether oxygens (including phenoxy) is 2. The molecule has 1 N–H and O–H groups in total. The second-order valence-corrected chi connectivity index (χ2v) is 6.99. The third kappa shape index (κ3) is 4.29. The molecule has 0 spiro atoms. The van der Waals surface area contributed by atoms with Crippen LogP contribution in [0.5, 0.6) is 11.5 Å². The zero-order valence-electron chi connectivity index (χ0n) is 14.7. The van der Waals surface area contributed by atoms with Gasteiger partial charge in [0.1, 0.15) is 0 Å². The summed E-state index contributed by atoms with van der Waals surface area (Å²) in [5.74, 6) is 1.68. The molecule has 1 aliphatic rings. The van der Waals surface area contributed by atoms with E-state index < -0.39 is 0 Å². The van der Waals surface area contributed by atoms with Crippen molar-refractivity contribution in [2.24, 2.45) is 16.9 Å². The number of halogens is 1. The topological polar surface area (TPSA) is 59.9 Å². The lowest BCUT2D eigenvalue weighted by Crippen LogP contribution is -2.29. The Morgan fingerprint density at radius 1 is 1.33 bits per heavy atom. The van der Waals surface area contributed by atoms with Gasteiger partial charge in [-0.25, -0.2) is 5.43 Å². The fraction of sp³-hybridized carbons (Fsp3) is 0.556. The first kappa shape index (κ1) is 18.8. The van der Waals surface area contributed by atoms with Crippen LogP contribution in [-0.4, -0.2) is 25.3 Å². The number of carbonyl (C=O) groups excluding carboxylic acids is 1. The number of amides is 1. The quantitative estimate of drug-likeness (QED) is 0.750. The number of nitrogens with zero attached hydrogens (tertiary/aromatic N) is 1. The normalized spacial score (nSPS) is 22.3. The van der Waals surface area contributed by atoms with Crippen molar-refractivity contribution in [3.05, 3.63) is 22.2 Å². The molecule has 0 heterocycles. The summed E-state index contributed by atoms with van der Waals surface area (Å²) in [6, 6.07) is 3.38. The molecule has 24 heavy (non-hydrogen) atoms. The van der Waals surface area contributed by atoms with E-state index in [0.717, 1.165) is 18.6 Å². The Morgan fingerprint density at radius 3 is 2.58 bits per heavy atom. The standard InChI is InChI=1S/C18H25BrN2O3/c1-5-24-17-14(19)9-13(10-15(17)23-4)18(22)21-20-16-11(2)7-6-8-12(16)3/h9-12H,5-8H2,1-4H3,(H,21,22)/t11-,12+. The maximum absolute atomic E-state index is 12.5. The van der Waals surface area contributed by atoms with Gasteiger partial charge in [0.25, 0.3) is 5.91 Å². The summed E-state index contributed by atoms with van der Waals surface area (Å²) in [5.41, 5.74) is 4.24. The van der Waals surface area contributed by atoms with Gasteiger partial charge in [0.2, 0.25) is 0 Å². The minimum absolute atomic E-state index is 0.255. The maximum atomic E-state index is 12.5. The zero-order chi connectivity index (χ0) is 17.7. The number of hydrogen-bond donors (Lipinski definition) is 1. The summed E-state index contributed by atoms with van der Waals surface area (Å²) in [4.78, 5) is 12.5. The molecule has 0 bridgehead atoms. The van der Waals surface area contributed by atoms with Crippen LogP contribution in [0.15, 0.2) is 21.7 Å². The van der Waals surface area contributed by atoms with Gasteiger partial charge in [0.15, 0.2) is 11.5 Å². The van der Waals surface area contributed by atoms with Crippen LogP contribution in [0.4, 0.5) is 0 Å². The minimum Gasteiger partial charge on any atom is -0.493 e. The van der Waals surface area contributed by atoms with Crippen molar-refractivity contribution in [1.82, 2.24) is 5.43 Å². The molecule has 5 nitrogen and oxygen atoms in total. The molecule has 6 heteroatoms. The Morgan fingerprint density at radius 2 is 2.00 bits per heavy atom. The van der Waals surface area contributed by atoms with Gasteiger partial charge in [-0.05, 0) is 59.7 Å². The summed E-state index contributed by atoms with van der Waals surface area (Å²) in [6.45, 7) is 6.74. The molecule has 1 fully saturated rings. The number of benzene rings is 1. The Hall–Kier alpha value is -1.56. The van der Waals surface area contributed by atoms with E-state index in [9.17, 15) is 4.79 Å². The van der Waals surface area contributed by atoms with Crippen molar-refractivity contribution in [3.63, 3.8) is 0 Å². The van der Waals surface area contributed by atoms with E-state index in [2.05, 4.69) is 40.3 Å². The van der Waals surface area contributed by atoms with Crippen molar-refractivity contribution in [2.75, 3.05) is 13.7 Å². The molecular weight excluding hydrogens is 372 g/mol. The van der Waals surface area contributed by atoms with Crippen LogP contribution in [0.3, 0.4) is 0 Å². The van der Waals surface area contributed by atoms with E-state index >= 15 is 0 Å². The van der Waals surface area contributed by atoms with Crippen LogP contribution in [0.1, 0.15) is 50.4 Å². The van der Waals surface area contributed by atoms with E-state index in [0.29, 0.717) is 40.0 Å². The first-order valence-corrected chi connectivity index (χ1v) is 9.15. The van der Waals surface area contributed by atoms with Gasteiger partial charge in [0, 0.05) is 11.3 Å². The van der Waals surface area contributed by atoms with E-state index in [1.54, 1.807) is 19.2 Å². The molecule has 1 aromatic rings. The van der Waals surface area contributed by atoms with Crippen molar-refractivity contribution in [2.45, 2.75) is 40.0 Å². The Balaban J connectivity index is 2.19. The Kier molecular flexibility index (Phi) is 6.66. The molecule has 2 atom stereocenters.